The van der Waals surface area contributed by atoms with Gasteiger partial charge in [-0.05, 0) is 27.6 Å². The molecular weight excluding hydrogens is 318 g/mol. The lowest BCUT2D eigenvalue weighted by atomic mass is 10.3. The highest BCUT2D eigenvalue weighted by atomic mass is 79.9. The number of hydrazone groups is 1. The van der Waals surface area contributed by atoms with Crippen LogP contribution in [-0.2, 0) is 11.3 Å². The summed E-state index contributed by atoms with van der Waals surface area (Å²) >= 11 is 3.25. The van der Waals surface area contributed by atoms with Crippen molar-refractivity contribution in [3.8, 4) is 0 Å². The molecule has 1 aromatic rings. The molecule has 0 aromatic carbocycles. The molecule has 1 aliphatic rings. The normalized spacial score (nSPS) is 17.9. The lowest BCUT2D eigenvalue weighted by Gasteiger charge is -2.34. The molecular formula is C10H12BrN5O3. The van der Waals surface area contributed by atoms with E-state index in [-0.39, 0.29) is 19.4 Å². The fraction of sp³-hybridized carbons (Fsp3) is 0.400. The lowest BCUT2D eigenvalue weighted by Crippen LogP contribution is -2.49. The van der Waals surface area contributed by atoms with Gasteiger partial charge in [0, 0.05) is 19.8 Å². The van der Waals surface area contributed by atoms with Gasteiger partial charge in [0.25, 0.3) is 5.96 Å². The summed E-state index contributed by atoms with van der Waals surface area (Å²) in [6, 6.07) is 3.70. The summed E-state index contributed by atoms with van der Waals surface area (Å²) in [5, 5.41) is 13.3. The third kappa shape index (κ3) is 3.61. The van der Waals surface area contributed by atoms with Gasteiger partial charge in [-0.2, -0.15) is 0 Å². The number of ether oxygens (including phenoxy) is 1. The van der Waals surface area contributed by atoms with Crippen LogP contribution in [-0.4, -0.2) is 46.3 Å². The van der Waals surface area contributed by atoms with Crippen LogP contribution in [0.4, 0.5) is 0 Å². The van der Waals surface area contributed by atoms with E-state index in [2.05, 4.69) is 26.0 Å². The molecule has 0 aliphatic carbocycles. The summed E-state index contributed by atoms with van der Waals surface area (Å²) in [4.78, 5) is 17.9. The van der Waals surface area contributed by atoms with Crippen LogP contribution in [0.1, 0.15) is 5.56 Å². The van der Waals surface area contributed by atoms with Gasteiger partial charge in [-0.3, -0.25) is 0 Å². The van der Waals surface area contributed by atoms with E-state index in [0.717, 1.165) is 10.2 Å². The standard InChI is InChI=1S/C10H12BrN5O3/c1-14-6-19-7-15(10(14)13-16(17)18)5-8-2-3-9(11)12-4-8/h2-4H,5-7H2,1H3. The summed E-state index contributed by atoms with van der Waals surface area (Å²) in [6.45, 7) is 0.978. The predicted octanol–water partition coefficient (Wildman–Crippen LogP) is 1.07. The average molecular weight is 330 g/mol. The summed E-state index contributed by atoms with van der Waals surface area (Å²) < 4.78 is 6.06. The highest BCUT2D eigenvalue weighted by Crippen LogP contribution is 2.12. The van der Waals surface area contributed by atoms with Gasteiger partial charge < -0.3 is 14.5 Å². The molecule has 1 saturated heterocycles. The van der Waals surface area contributed by atoms with Crippen LogP contribution in [0.5, 0.6) is 0 Å². The highest BCUT2D eigenvalue weighted by Gasteiger charge is 2.25. The van der Waals surface area contributed by atoms with E-state index >= 15 is 0 Å². The highest BCUT2D eigenvalue weighted by molar-refractivity contribution is 9.10. The Morgan fingerprint density at radius 2 is 2.37 bits per heavy atom. The maximum Gasteiger partial charge on any atom is 0.277 e. The molecule has 0 bridgehead atoms. The van der Waals surface area contributed by atoms with Gasteiger partial charge >= 0.3 is 0 Å². The fourth-order valence-corrected chi connectivity index (χ4v) is 1.93. The first-order valence-electron chi connectivity index (χ1n) is 5.43. The first kappa shape index (κ1) is 13.7. The topological polar surface area (TPSA) is 84.1 Å². The molecule has 0 spiro atoms. The Labute approximate surface area is 117 Å². The molecule has 9 heteroatoms. The Morgan fingerprint density at radius 3 is 3.00 bits per heavy atom. The monoisotopic (exact) mass is 329 g/mol. The van der Waals surface area contributed by atoms with Crippen LogP contribution in [0.3, 0.4) is 0 Å². The van der Waals surface area contributed by atoms with Gasteiger partial charge in [-0.15, -0.1) is 0 Å². The van der Waals surface area contributed by atoms with E-state index in [9.17, 15) is 10.1 Å². The minimum Gasteiger partial charge on any atom is -0.341 e. The van der Waals surface area contributed by atoms with E-state index in [0.29, 0.717) is 6.54 Å². The summed E-state index contributed by atoms with van der Waals surface area (Å²) in [5.74, 6) is 0.277. The zero-order chi connectivity index (χ0) is 13.8. The smallest absolute Gasteiger partial charge is 0.277 e. The molecule has 1 aliphatic heterocycles. The summed E-state index contributed by atoms with van der Waals surface area (Å²) in [6.07, 6.45) is 1.70. The minimum atomic E-state index is -0.704. The summed E-state index contributed by atoms with van der Waals surface area (Å²) in [7, 11) is 1.69. The van der Waals surface area contributed by atoms with Crippen molar-refractivity contribution in [2.45, 2.75) is 6.54 Å². The second-order valence-electron chi connectivity index (χ2n) is 3.99. The lowest BCUT2D eigenvalue weighted by molar-refractivity contribution is -0.486. The van der Waals surface area contributed by atoms with Gasteiger partial charge in [-0.25, -0.2) is 15.1 Å². The van der Waals surface area contributed by atoms with E-state index in [1.807, 2.05) is 12.1 Å². The van der Waals surface area contributed by atoms with Crippen molar-refractivity contribution in [2.24, 2.45) is 5.10 Å². The first-order valence-corrected chi connectivity index (χ1v) is 6.23. The third-order valence-corrected chi connectivity index (χ3v) is 2.96. The first-order chi connectivity index (χ1) is 9.06. The number of nitrogens with zero attached hydrogens (tertiary/aromatic N) is 5. The Bertz CT molecular complexity index is 492. The molecule has 0 atom stereocenters. The number of guanidine groups is 1. The number of nitro groups is 1. The van der Waals surface area contributed by atoms with Crippen LogP contribution in [0.15, 0.2) is 28.0 Å². The Kier molecular flexibility index (Phi) is 4.27. The zero-order valence-electron chi connectivity index (χ0n) is 10.2. The van der Waals surface area contributed by atoms with Crippen molar-refractivity contribution < 1.29 is 9.77 Å². The van der Waals surface area contributed by atoms with Gasteiger partial charge in [0.15, 0.2) is 5.03 Å². The number of aromatic nitrogens is 1. The largest absolute Gasteiger partial charge is 0.341 e. The molecule has 0 N–H and O–H groups in total. The summed E-state index contributed by atoms with van der Waals surface area (Å²) in [5.41, 5.74) is 0.915. The molecule has 0 radical (unpaired) electrons. The number of rotatable bonds is 3. The van der Waals surface area contributed by atoms with Crippen molar-refractivity contribution in [1.82, 2.24) is 14.8 Å². The van der Waals surface area contributed by atoms with Crippen LogP contribution in [0, 0.1) is 10.1 Å². The Hall–Kier alpha value is -1.74. The second-order valence-corrected chi connectivity index (χ2v) is 4.80. The Morgan fingerprint density at radius 1 is 1.58 bits per heavy atom. The van der Waals surface area contributed by atoms with Crippen molar-refractivity contribution in [1.29, 1.82) is 0 Å². The zero-order valence-corrected chi connectivity index (χ0v) is 11.8. The fourth-order valence-electron chi connectivity index (χ4n) is 1.69. The van der Waals surface area contributed by atoms with Gasteiger partial charge in [0.2, 0.25) is 0 Å². The third-order valence-electron chi connectivity index (χ3n) is 2.49. The molecule has 2 rings (SSSR count). The SMILES string of the molecule is CN1COCN(Cc2ccc(Br)nc2)C1=N[N+](=O)[O-]. The predicted molar refractivity (Wildman–Crippen MR) is 70.5 cm³/mol. The van der Waals surface area contributed by atoms with Crippen molar-refractivity contribution >= 4 is 21.9 Å². The number of hydrogen-bond donors (Lipinski definition) is 0. The number of halogens is 1. The molecule has 1 fully saturated rings. The van der Waals surface area contributed by atoms with Gasteiger partial charge in [-0.1, -0.05) is 6.07 Å². The molecule has 102 valence electrons. The molecule has 19 heavy (non-hydrogen) atoms. The van der Waals surface area contributed by atoms with E-state index in [4.69, 9.17) is 4.74 Å². The van der Waals surface area contributed by atoms with Crippen molar-refractivity contribution in [3.63, 3.8) is 0 Å². The van der Waals surface area contributed by atoms with Crippen LogP contribution in [0.2, 0.25) is 0 Å². The molecule has 0 amide bonds. The number of hydrogen-bond acceptors (Lipinski definition) is 4. The van der Waals surface area contributed by atoms with Crippen LogP contribution in [0.25, 0.3) is 0 Å². The van der Waals surface area contributed by atoms with Crippen LogP contribution >= 0.6 is 15.9 Å². The molecule has 0 saturated carbocycles. The maximum atomic E-state index is 10.6. The van der Waals surface area contributed by atoms with Crippen molar-refractivity contribution in [2.75, 3.05) is 20.5 Å². The van der Waals surface area contributed by atoms with Crippen molar-refractivity contribution in [3.05, 3.63) is 38.6 Å². The van der Waals surface area contributed by atoms with Gasteiger partial charge in [0.1, 0.15) is 23.2 Å². The maximum absolute atomic E-state index is 10.6. The quantitative estimate of drug-likeness (QED) is 0.468. The van der Waals surface area contributed by atoms with Crippen LogP contribution < -0.4 is 0 Å². The molecule has 2 heterocycles. The second kappa shape index (κ2) is 5.93. The average Bonchev–Trinajstić information content (AvgIpc) is 2.36. The molecule has 1 aromatic heterocycles. The van der Waals surface area contributed by atoms with E-state index in [1.165, 1.54) is 0 Å². The molecule has 8 nitrogen and oxygen atoms in total. The Balaban J connectivity index is 2.16. The van der Waals surface area contributed by atoms with Gasteiger partial charge in [0.05, 0.1) is 0 Å². The molecule has 0 unspecified atom stereocenters. The minimum absolute atomic E-state index is 0.257. The number of pyridine rings is 1. The van der Waals surface area contributed by atoms with E-state index in [1.54, 1.807) is 23.0 Å². The van der Waals surface area contributed by atoms with E-state index < -0.39 is 5.03 Å².